The summed E-state index contributed by atoms with van der Waals surface area (Å²) in [4.78, 5) is 12.9. The summed E-state index contributed by atoms with van der Waals surface area (Å²) in [7, 11) is -3.60. The van der Waals surface area contributed by atoms with Crippen molar-refractivity contribution in [2.24, 2.45) is 0 Å². The number of carbonyl (C=O) groups is 1. The van der Waals surface area contributed by atoms with Crippen molar-refractivity contribution in [3.05, 3.63) is 54.1 Å². The van der Waals surface area contributed by atoms with Crippen molar-refractivity contribution in [1.29, 1.82) is 0 Å². The first-order valence-electron chi connectivity index (χ1n) is 8.58. The summed E-state index contributed by atoms with van der Waals surface area (Å²) >= 11 is 1.58. The van der Waals surface area contributed by atoms with Crippen molar-refractivity contribution in [1.82, 2.24) is 4.72 Å². The number of fused-ring (bicyclic) bond motifs is 1. The Hall–Kier alpha value is -1.83. The molecular formula is C19H22N2O3S2. The Kier molecular flexibility index (Phi) is 6.01. The van der Waals surface area contributed by atoms with Crippen LogP contribution < -0.4 is 10.0 Å². The van der Waals surface area contributed by atoms with E-state index in [1.807, 2.05) is 37.3 Å². The van der Waals surface area contributed by atoms with Gasteiger partial charge < -0.3 is 5.32 Å². The van der Waals surface area contributed by atoms with Gasteiger partial charge in [-0.1, -0.05) is 37.3 Å². The monoisotopic (exact) mass is 390 g/mol. The van der Waals surface area contributed by atoms with Gasteiger partial charge in [0.15, 0.2) is 0 Å². The molecule has 0 saturated carbocycles. The Morgan fingerprint density at radius 1 is 1.19 bits per heavy atom. The molecule has 0 aromatic heterocycles. The number of aryl methyl sites for hydroxylation is 1. The lowest BCUT2D eigenvalue weighted by Gasteiger charge is -2.11. The number of amides is 1. The molecule has 3 rings (SSSR count). The van der Waals surface area contributed by atoms with Crippen LogP contribution in [0.5, 0.6) is 0 Å². The molecule has 0 saturated heterocycles. The van der Waals surface area contributed by atoms with Gasteiger partial charge in [0.25, 0.3) is 0 Å². The normalized spacial score (nSPS) is 17.3. The molecule has 26 heavy (non-hydrogen) atoms. The minimum absolute atomic E-state index is 0.0888. The lowest BCUT2D eigenvalue weighted by atomic mass is 10.1. The van der Waals surface area contributed by atoms with Crippen LogP contribution in [0.4, 0.5) is 5.69 Å². The molecule has 7 heteroatoms. The van der Waals surface area contributed by atoms with Crippen molar-refractivity contribution in [3.63, 3.8) is 0 Å². The third kappa shape index (κ3) is 4.87. The zero-order chi connectivity index (χ0) is 18.6. The topological polar surface area (TPSA) is 75.3 Å². The second-order valence-corrected chi connectivity index (χ2v) is 9.57. The van der Waals surface area contributed by atoms with Crippen molar-refractivity contribution < 1.29 is 13.2 Å². The second-order valence-electron chi connectivity index (χ2n) is 6.33. The highest BCUT2D eigenvalue weighted by molar-refractivity contribution is 8.00. The van der Waals surface area contributed by atoms with Crippen LogP contribution in [0, 0.1) is 0 Å². The van der Waals surface area contributed by atoms with Gasteiger partial charge >= 0.3 is 0 Å². The molecule has 1 aliphatic rings. The number of carbonyl (C=O) groups excluding carboxylic acids is 1. The van der Waals surface area contributed by atoms with Gasteiger partial charge in [-0.25, -0.2) is 13.1 Å². The number of benzene rings is 2. The van der Waals surface area contributed by atoms with Crippen LogP contribution in [-0.4, -0.2) is 26.1 Å². The largest absolute Gasteiger partial charge is 0.325 e. The molecular weight excluding hydrogens is 368 g/mol. The van der Waals surface area contributed by atoms with Crippen LogP contribution >= 0.6 is 11.8 Å². The van der Waals surface area contributed by atoms with E-state index >= 15 is 0 Å². The van der Waals surface area contributed by atoms with Gasteiger partial charge in [-0.3, -0.25) is 4.79 Å². The predicted octanol–water partition coefficient (Wildman–Crippen LogP) is 3.42. The van der Waals surface area contributed by atoms with E-state index in [2.05, 4.69) is 10.0 Å². The van der Waals surface area contributed by atoms with Crippen LogP contribution in [0.15, 0.2) is 58.3 Å². The number of rotatable bonds is 6. The van der Waals surface area contributed by atoms with Crippen LogP contribution in [0.2, 0.25) is 0 Å². The van der Waals surface area contributed by atoms with Crippen LogP contribution in [-0.2, 0) is 21.2 Å². The quantitative estimate of drug-likeness (QED) is 0.741. The van der Waals surface area contributed by atoms with Crippen LogP contribution in [0.1, 0.15) is 25.3 Å². The average molecular weight is 391 g/mol. The smallest absolute Gasteiger partial charge is 0.240 e. The Morgan fingerprint density at radius 2 is 1.96 bits per heavy atom. The molecule has 2 aromatic rings. The summed E-state index contributed by atoms with van der Waals surface area (Å²) in [5.41, 5.74) is 1.75. The fraction of sp³-hybridized carbons (Fsp3) is 0.316. The Balaban J connectivity index is 1.65. The highest BCUT2D eigenvalue weighted by Crippen LogP contribution is 2.36. The molecule has 0 unspecified atom stereocenters. The molecule has 1 amide bonds. The van der Waals surface area contributed by atoms with E-state index in [0.29, 0.717) is 18.7 Å². The lowest BCUT2D eigenvalue weighted by Crippen LogP contribution is -2.25. The number of anilines is 1. The summed E-state index contributed by atoms with van der Waals surface area (Å²) in [6, 6.07) is 14.9. The average Bonchev–Trinajstić information content (AvgIpc) is 2.75. The minimum atomic E-state index is -3.60. The number of hydrogen-bond donors (Lipinski definition) is 2. The molecule has 2 aromatic carbocycles. The summed E-state index contributed by atoms with van der Waals surface area (Å²) < 4.78 is 27.7. The van der Waals surface area contributed by atoms with Gasteiger partial charge in [-0.15, -0.1) is 11.8 Å². The number of nitrogens with one attached hydrogen (secondary N) is 2. The van der Waals surface area contributed by atoms with Gasteiger partial charge in [0, 0.05) is 23.1 Å². The molecule has 0 aliphatic carbocycles. The summed E-state index contributed by atoms with van der Waals surface area (Å²) in [5, 5.41) is 2.96. The standard InChI is InChI=1S/C19H22N2O3S2/c1-14-12-19(22)21-17-13-16(9-10-18(17)25-14)26(23,24)20-11-5-8-15-6-3-2-4-7-15/h2-4,6-7,9-10,13-14,20H,5,8,11-12H2,1H3,(H,21,22)/t14-/m0/s1. The summed E-state index contributed by atoms with van der Waals surface area (Å²) in [6.07, 6.45) is 1.95. The molecule has 0 bridgehead atoms. The van der Waals surface area contributed by atoms with E-state index in [4.69, 9.17) is 0 Å². The summed E-state index contributed by atoms with van der Waals surface area (Å²) in [6.45, 7) is 2.35. The molecule has 0 fully saturated rings. The zero-order valence-electron chi connectivity index (χ0n) is 14.6. The number of hydrogen-bond acceptors (Lipinski definition) is 4. The van der Waals surface area contributed by atoms with Crippen molar-refractivity contribution in [3.8, 4) is 0 Å². The molecule has 0 spiro atoms. The SMILES string of the molecule is C[C@H]1CC(=O)Nc2cc(S(=O)(=O)NCCCc3ccccc3)ccc2S1. The van der Waals surface area contributed by atoms with Crippen LogP contribution in [0.25, 0.3) is 0 Å². The Morgan fingerprint density at radius 3 is 2.73 bits per heavy atom. The molecule has 5 nitrogen and oxygen atoms in total. The first kappa shape index (κ1) is 18.9. The Bertz CT molecular complexity index is 883. The summed E-state index contributed by atoms with van der Waals surface area (Å²) in [5.74, 6) is -0.0888. The van der Waals surface area contributed by atoms with Crippen molar-refractivity contribution >= 4 is 33.4 Å². The van der Waals surface area contributed by atoms with E-state index in [0.717, 1.165) is 17.7 Å². The molecule has 0 radical (unpaired) electrons. The van der Waals surface area contributed by atoms with E-state index in [9.17, 15) is 13.2 Å². The Labute approximate surface area is 158 Å². The first-order chi connectivity index (χ1) is 12.4. The maximum Gasteiger partial charge on any atom is 0.240 e. The molecule has 1 aliphatic heterocycles. The molecule has 1 atom stereocenters. The fourth-order valence-electron chi connectivity index (χ4n) is 2.82. The van der Waals surface area contributed by atoms with Gasteiger partial charge in [-0.05, 0) is 36.6 Å². The maximum atomic E-state index is 12.5. The molecule has 2 N–H and O–H groups in total. The highest BCUT2D eigenvalue weighted by atomic mass is 32.2. The van der Waals surface area contributed by atoms with Gasteiger partial charge in [-0.2, -0.15) is 0 Å². The number of thioether (sulfide) groups is 1. The zero-order valence-corrected chi connectivity index (χ0v) is 16.2. The fourth-order valence-corrected chi connectivity index (χ4v) is 4.98. The third-order valence-corrected chi connectivity index (χ3v) is 6.75. The molecule has 1 heterocycles. The first-order valence-corrected chi connectivity index (χ1v) is 10.9. The third-order valence-electron chi connectivity index (χ3n) is 4.11. The van der Waals surface area contributed by atoms with Crippen LogP contribution in [0.3, 0.4) is 0 Å². The second kappa shape index (κ2) is 8.24. The predicted molar refractivity (Wildman–Crippen MR) is 105 cm³/mol. The van der Waals surface area contributed by atoms with E-state index in [-0.39, 0.29) is 16.1 Å². The van der Waals surface area contributed by atoms with Crippen molar-refractivity contribution in [2.75, 3.05) is 11.9 Å². The minimum Gasteiger partial charge on any atom is -0.325 e. The van der Waals surface area contributed by atoms with E-state index < -0.39 is 10.0 Å². The molecule has 138 valence electrons. The van der Waals surface area contributed by atoms with E-state index in [1.54, 1.807) is 23.9 Å². The van der Waals surface area contributed by atoms with Gasteiger partial charge in [0.1, 0.15) is 0 Å². The van der Waals surface area contributed by atoms with Crippen molar-refractivity contribution in [2.45, 2.75) is 41.2 Å². The van der Waals surface area contributed by atoms with Gasteiger partial charge in [0.05, 0.1) is 10.6 Å². The maximum absolute atomic E-state index is 12.5. The van der Waals surface area contributed by atoms with E-state index in [1.165, 1.54) is 11.6 Å². The van der Waals surface area contributed by atoms with Gasteiger partial charge in [0.2, 0.25) is 15.9 Å². The number of sulfonamides is 1. The lowest BCUT2D eigenvalue weighted by molar-refractivity contribution is -0.116. The highest BCUT2D eigenvalue weighted by Gasteiger charge is 2.22.